The van der Waals surface area contributed by atoms with Crippen molar-refractivity contribution in [3.63, 3.8) is 0 Å². The van der Waals surface area contributed by atoms with Crippen molar-refractivity contribution in [1.82, 2.24) is 4.90 Å². The summed E-state index contributed by atoms with van der Waals surface area (Å²) in [5.41, 5.74) is 5.57. The minimum absolute atomic E-state index is 0.0839. The van der Waals surface area contributed by atoms with Crippen LogP contribution in [0.1, 0.15) is 12.8 Å². The summed E-state index contributed by atoms with van der Waals surface area (Å²) in [5, 5.41) is 0. The van der Waals surface area contributed by atoms with Crippen molar-refractivity contribution in [2.75, 3.05) is 33.4 Å². The Morgan fingerprint density at radius 2 is 2.46 bits per heavy atom. The molecule has 13 heavy (non-hydrogen) atoms. The first-order valence-electron chi connectivity index (χ1n) is 4.74. The number of hydrogen-bond acceptors (Lipinski definition) is 3. The largest absolute Gasteiger partial charge is 0.375 e. The average Bonchev–Trinajstić information content (AvgIpc) is 2.18. The molecule has 1 aliphatic heterocycles. The molecule has 0 radical (unpaired) electrons. The standard InChI is InChI=1S/C9H18N2O2/c1-13-7-9(12)11-4-2-3-8(5-10)6-11/h8H,2-7,10H2,1H3/t8-/m0/s1. The van der Waals surface area contributed by atoms with Gasteiger partial charge < -0.3 is 15.4 Å². The molecule has 0 aliphatic carbocycles. The van der Waals surface area contributed by atoms with E-state index in [1.807, 2.05) is 4.90 Å². The van der Waals surface area contributed by atoms with Gasteiger partial charge in [-0.3, -0.25) is 4.79 Å². The van der Waals surface area contributed by atoms with E-state index in [2.05, 4.69) is 0 Å². The third kappa shape index (κ3) is 2.97. The molecular formula is C9H18N2O2. The van der Waals surface area contributed by atoms with E-state index in [4.69, 9.17) is 10.5 Å². The van der Waals surface area contributed by atoms with Crippen LogP contribution in [-0.2, 0) is 9.53 Å². The van der Waals surface area contributed by atoms with E-state index >= 15 is 0 Å². The summed E-state index contributed by atoms with van der Waals surface area (Å²) in [6.45, 7) is 2.53. The number of nitrogens with two attached hydrogens (primary N) is 1. The Hall–Kier alpha value is -0.610. The van der Waals surface area contributed by atoms with Gasteiger partial charge >= 0.3 is 0 Å². The number of rotatable bonds is 3. The lowest BCUT2D eigenvalue weighted by Gasteiger charge is -2.31. The second-order valence-electron chi connectivity index (χ2n) is 3.52. The van der Waals surface area contributed by atoms with Gasteiger partial charge in [0.15, 0.2) is 0 Å². The topological polar surface area (TPSA) is 55.6 Å². The summed E-state index contributed by atoms with van der Waals surface area (Å²) in [5.74, 6) is 0.565. The van der Waals surface area contributed by atoms with Gasteiger partial charge in [-0.25, -0.2) is 0 Å². The number of ether oxygens (including phenoxy) is 1. The third-order valence-corrected chi connectivity index (χ3v) is 2.47. The van der Waals surface area contributed by atoms with E-state index in [9.17, 15) is 4.79 Å². The molecule has 0 saturated carbocycles. The monoisotopic (exact) mass is 186 g/mol. The quantitative estimate of drug-likeness (QED) is 0.666. The van der Waals surface area contributed by atoms with Crippen molar-refractivity contribution in [3.8, 4) is 0 Å². The highest BCUT2D eigenvalue weighted by Crippen LogP contribution is 2.14. The molecule has 4 nitrogen and oxygen atoms in total. The summed E-state index contributed by atoms with van der Waals surface area (Å²) in [6, 6.07) is 0. The molecule has 1 saturated heterocycles. The van der Waals surface area contributed by atoms with Gasteiger partial charge in [0, 0.05) is 20.2 Å². The molecule has 1 aliphatic rings. The molecule has 1 atom stereocenters. The van der Waals surface area contributed by atoms with Crippen LogP contribution >= 0.6 is 0 Å². The molecule has 0 bridgehead atoms. The van der Waals surface area contributed by atoms with Gasteiger partial charge in [0.25, 0.3) is 0 Å². The minimum Gasteiger partial charge on any atom is -0.375 e. The predicted octanol–water partition coefficient (Wildman–Crippen LogP) is -0.170. The Morgan fingerprint density at radius 3 is 3.08 bits per heavy atom. The molecule has 4 heteroatoms. The molecular weight excluding hydrogens is 168 g/mol. The maximum Gasteiger partial charge on any atom is 0.248 e. The summed E-state index contributed by atoms with van der Waals surface area (Å²) < 4.78 is 4.80. The lowest BCUT2D eigenvalue weighted by molar-refractivity contribution is -0.136. The van der Waals surface area contributed by atoms with E-state index in [1.54, 1.807) is 7.11 Å². The molecule has 1 amide bonds. The van der Waals surface area contributed by atoms with Gasteiger partial charge in [-0.05, 0) is 25.3 Å². The normalized spacial score (nSPS) is 23.2. The maximum absolute atomic E-state index is 11.4. The Kier molecular flexibility index (Phi) is 4.18. The van der Waals surface area contributed by atoms with Crippen molar-refractivity contribution in [2.24, 2.45) is 11.7 Å². The van der Waals surface area contributed by atoms with E-state index in [-0.39, 0.29) is 12.5 Å². The number of hydrogen-bond donors (Lipinski definition) is 1. The molecule has 2 N–H and O–H groups in total. The van der Waals surface area contributed by atoms with Crippen LogP contribution in [0.2, 0.25) is 0 Å². The van der Waals surface area contributed by atoms with Crippen LogP contribution in [0.3, 0.4) is 0 Å². The third-order valence-electron chi connectivity index (χ3n) is 2.47. The molecule has 0 aromatic heterocycles. The lowest BCUT2D eigenvalue weighted by atomic mass is 9.98. The summed E-state index contributed by atoms with van der Waals surface area (Å²) in [7, 11) is 1.54. The molecule has 0 spiro atoms. The van der Waals surface area contributed by atoms with Gasteiger partial charge in [-0.2, -0.15) is 0 Å². The number of methoxy groups -OCH3 is 1. The highest BCUT2D eigenvalue weighted by Gasteiger charge is 2.22. The van der Waals surface area contributed by atoms with Crippen LogP contribution in [0.25, 0.3) is 0 Å². The van der Waals surface area contributed by atoms with Gasteiger partial charge in [0.1, 0.15) is 6.61 Å². The number of amides is 1. The lowest BCUT2D eigenvalue weighted by Crippen LogP contribution is -2.43. The average molecular weight is 186 g/mol. The number of carbonyl (C=O) groups excluding carboxylic acids is 1. The second-order valence-corrected chi connectivity index (χ2v) is 3.52. The first kappa shape index (κ1) is 10.5. The van der Waals surface area contributed by atoms with Gasteiger partial charge in [0.05, 0.1) is 0 Å². The van der Waals surface area contributed by atoms with Crippen molar-refractivity contribution in [1.29, 1.82) is 0 Å². The van der Waals surface area contributed by atoms with E-state index < -0.39 is 0 Å². The number of nitrogens with zero attached hydrogens (tertiary/aromatic N) is 1. The fourth-order valence-electron chi connectivity index (χ4n) is 1.70. The van der Waals surface area contributed by atoms with Crippen molar-refractivity contribution >= 4 is 5.91 Å². The zero-order valence-corrected chi connectivity index (χ0v) is 8.16. The van der Waals surface area contributed by atoms with Crippen molar-refractivity contribution < 1.29 is 9.53 Å². The molecule has 76 valence electrons. The van der Waals surface area contributed by atoms with Gasteiger partial charge in [0.2, 0.25) is 5.91 Å². The zero-order valence-electron chi connectivity index (χ0n) is 8.16. The Morgan fingerprint density at radius 1 is 1.69 bits per heavy atom. The fraction of sp³-hybridized carbons (Fsp3) is 0.889. The molecule has 1 fully saturated rings. The molecule has 0 aromatic carbocycles. The Balaban J connectivity index is 2.37. The smallest absolute Gasteiger partial charge is 0.248 e. The fourth-order valence-corrected chi connectivity index (χ4v) is 1.70. The van der Waals surface area contributed by atoms with Crippen LogP contribution < -0.4 is 5.73 Å². The van der Waals surface area contributed by atoms with Crippen LogP contribution in [-0.4, -0.2) is 44.2 Å². The van der Waals surface area contributed by atoms with Crippen LogP contribution in [0.5, 0.6) is 0 Å². The number of carbonyl (C=O) groups is 1. The zero-order chi connectivity index (χ0) is 9.68. The van der Waals surface area contributed by atoms with Crippen molar-refractivity contribution in [3.05, 3.63) is 0 Å². The SMILES string of the molecule is COCC(=O)N1CCC[C@@H](CN)C1. The predicted molar refractivity (Wildman–Crippen MR) is 50.2 cm³/mol. The van der Waals surface area contributed by atoms with Crippen LogP contribution in [0.4, 0.5) is 0 Å². The molecule has 0 aromatic rings. The molecule has 0 unspecified atom stereocenters. The van der Waals surface area contributed by atoms with E-state index in [0.29, 0.717) is 12.5 Å². The molecule has 1 rings (SSSR count). The van der Waals surface area contributed by atoms with Crippen molar-refractivity contribution in [2.45, 2.75) is 12.8 Å². The highest BCUT2D eigenvalue weighted by atomic mass is 16.5. The van der Waals surface area contributed by atoms with Gasteiger partial charge in [-0.15, -0.1) is 0 Å². The van der Waals surface area contributed by atoms with Crippen LogP contribution in [0.15, 0.2) is 0 Å². The van der Waals surface area contributed by atoms with Crippen LogP contribution in [0, 0.1) is 5.92 Å². The van der Waals surface area contributed by atoms with Gasteiger partial charge in [-0.1, -0.05) is 0 Å². The summed E-state index contributed by atoms with van der Waals surface area (Å²) >= 11 is 0. The second kappa shape index (κ2) is 5.19. The highest BCUT2D eigenvalue weighted by molar-refractivity contribution is 5.77. The summed E-state index contributed by atoms with van der Waals surface area (Å²) in [6.07, 6.45) is 2.21. The minimum atomic E-state index is 0.0839. The summed E-state index contributed by atoms with van der Waals surface area (Å²) in [4.78, 5) is 13.3. The van der Waals surface area contributed by atoms with E-state index in [0.717, 1.165) is 25.9 Å². The first-order valence-corrected chi connectivity index (χ1v) is 4.74. The maximum atomic E-state index is 11.4. The Bertz CT molecular complexity index is 173. The number of likely N-dealkylation sites (tertiary alicyclic amines) is 1. The first-order chi connectivity index (χ1) is 6.27. The molecule has 1 heterocycles. The number of piperidine rings is 1. The van der Waals surface area contributed by atoms with E-state index in [1.165, 1.54) is 0 Å². The Labute approximate surface area is 79.0 Å².